The average molecular weight is 369 g/mol. The molecule has 3 rings (SSSR count). The van der Waals surface area contributed by atoms with Crippen molar-refractivity contribution in [1.82, 2.24) is 19.6 Å². The number of hydrogen-bond donors (Lipinski definition) is 1. The number of amides is 2. The number of piperidine rings is 1. The number of likely N-dealkylation sites (tertiary alicyclic amines) is 1. The van der Waals surface area contributed by atoms with Gasteiger partial charge in [0.15, 0.2) is 0 Å². The van der Waals surface area contributed by atoms with Crippen molar-refractivity contribution < 1.29 is 9.59 Å². The topological polar surface area (TPSA) is 70.5 Å². The molecule has 2 heterocycles. The molecule has 1 saturated heterocycles. The van der Waals surface area contributed by atoms with Gasteiger partial charge in [-0.1, -0.05) is 30.3 Å². The Kier molecular flexibility index (Phi) is 5.48. The maximum absolute atomic E-state index is 13.0. The molecule has 0 bridgehead atoms. The van der Waals surface area contributed by atoms with Crippen LogP contribution in [0.3, 0.4) is 0 Å². The van der Waals surface area contributed by atoms with Gasteiger partial charge in [-0.05, 0) is 18.4 Å². The molecule has 0 saturated carbocycles. The summed E-state index contributed by atoms with van der Waals surface area (Å²) in [4.78, 5) is 29.1. The Morgan fingerprint density at radius 3 is 2.37 bits per heavy atom. The van der Waals surface area contributed by atoms with Crippen LogP contribution in [-0.2, 0) is 23.1 Å². The molecule has 0 radical (unpaired) electrons. The van der Waals surface area contributed by atoms with Gasteiger partial charge in [-0.2, -0.15) is 5.10 Å². The van der Waals surface area contributed by atoms with E-state index >= 15 is 0 Å². The van der Waals surface area contributed by atoms with E-state index < -0.39 is 5.54 Å². The lowest BCUT2D eigenvalue weighted by Crippen LogP contribution is -2.59. The smallest absolute Gasteiger partial charge is 0.247 e. The van der Waals surface area contributed by atoms with E-state index in [1.54, 1.807) is 29.9 Å². The van der Waals surface area contributed by atoms with Crippen LogP contribution < -0.4 is 5.32 Å². The fourth-order valence-electron chi connectivity index (χ4n) is 3.58. The molecule has 1 aliphatic rings. The first-order valence-electron chi connectivity index (χ1n) is 9.21. The number of aromatic nitrogens is 2. The van der Waals surface area contributed by atoms with Crippen LogP contribution in [0.5, 0.6) is 0 Å². The number of nitrogens with zero attached hydrogens (tertiary/aromatic N) is 4. The summed E-state index contributed by atoms with van der Waals surface area (Å²) in [5.74, 6) is 0.931. The minimum atomic E-state index is -0.721. The van der Waals surface area contributed by atoms with Gasteiger partial charge in [0.05, 0.1) is 12.6 Å². The highest BCUT2D eigenvalue weighted by atomic mass is 16.2. The minimum absolute atomic E-state index is 0.0267. The highest BCUT2D eigenvalue weighted by Gasteiger charge is 2.43. The zero-order valence-corrected chi connectivity index (χ0v) is 16.2. The van der Waals surface area contributed by atoms with E-state index in [0.29, 0.717) is 32.4 Å². The fraction of sp³-hybridized carbons (Fsp3) is 0.450. The summed E-state index contributed by atoms with van der Waals surface area (Å²) in [5, 5.41) is 7.58. The lowest BCUT2D eigenvalue weighted by molar-refractivity contribution is -0.139. The third kappa shape index (κ3) is 4.13. The molecule has 1 aliphatic heterocycles. The van der Waals surface area contributed by atoms with E-state index in [1.807, 2.05) is 48.3 Å². The lowest BCUT2D eigenvalue weighted by atomic mass is 9.85. The molecule has 1 fully saturated rings. The Bertz CT molecular complexity index is 792. The fourth-order valence-corrected chi connectivity index (χ4v) is 3.58. The summed E-state index contributed by atoms with van der Waals surface area (Å²) >= 11 is 0. The van der Waals surface area contributed by atoms with Gasteiger partial charge < -0.3 is 15.1 Å². The summed E-state index contributed by atoms with van der Waals surface area (Å²) in [6, 6.07) is 11.6. The molecule has 0 atom stereocenters. The molecule has 0 spiro atoms. The standard InChI is InChI=1S/C20H27N5O2/c1-23(2)19(27)20(22-17-9-12-21-24(17)3)10-13-25(14-11-20)18(26)15-16-7-5-4-6-8-16/h4-9,12,22H,10-11,13-15H2,1-3H3. The Morgan fingerprint density at radius 2 is 1.81 bits per heavy atom. The normalized spacial score (nSPS) is 16.0. The first kappa shape index (κ1) is 18.9. The summed E-state index contributed by atoms with van der Waals surface area (Å²) in [6.45, 7) is 1.10. The SMILES string of the molecule is CN(C)C(=O)C1(Nc2ccnn2C)CCN(C(=O)Cc2ccccc2)CC1. The summed E-state index contributed by atoms with van der Waals surface area (Å²) in [5.41, 5.74) is 0.289. The Morgan fingerprint density at radius 1 is 1.15 bits per heavy atom. The van der Waals surface area contributed by atoms with Crippen LogP contribution >= 0.6 is 0 Å². The van der Waals surface area contributed by atoms with Gasteiger partial charge in [-0.25, -0.2) is 0 Å². The second kappa shape index (κ2) is 7.82. The van der Waals surface area contributed by atoms with Crippen molar-refractivity contribution in [3.05, 3.63) is 48.2 Å². The summed E-state index contributed by atoms with van der Waals surface area (Å²) in [7, 11) is 5.37. The molecular weight excluding hydrogens is 342 g/mol. The van der Waals surface area contributed by atoms with Crippen molar-refractivity contribution in [1.29, 1.82) is 0 Å². The number of benzene rings is 1. The zero-order chi connectivity index (χ0) is 19.4. The Hall–Kier alpha value is -2.83. The van der Waals surface area contributed by atoms with Crippen molar-refractivity contribution in [3.63, 3.8) is 0 Å². The number of nitrogens with one attached hydrogen (secondary N) is 1. The van der Waals surface area contributed by atoms with E-state index in [1.165, 1.54) is 0 Å². The van der Waals surface area contributed by atoms with Gasteiger partial charge in [0, 0.05) is 40.3 Å². The monoisotopic (exact) mass is 369 g/mol. The summed E-state index contributed by atoms with van der Waals surface area (Å²) in [6.07, 6.45) is 3.23. The van der Waals surface area contributed by atoms with Gasteiger partial charge in [-0.15, -0.1) is 0 Å². The average Bonchev–Trinajstić information content (AvgIpc) is 3.06. The number of carbonyl (C=O) groups excluding carboxylic acids is 2. The Balaban J connectivity index is 1.70. The molecule has 0 unspecified atom stereocenters. The van der Waals surface area contributed by atoms with Gasteiger partial charge in [0.1, 0.15) is 11.4 Å². The van der Waals surface area contributed by atoms with Crippen LogP contribution in [0.25, 0.3) is 0 Å². The van der Waals surface area contributed by atoms with Crippen LogP contribution in [0.15, 0.2) is 42.6 Å². The van der Waals surface area contributed by atoms with Crippen LogP contribution in [-0.4, -0.2) is 64.1 Å². The molecule has 1 N–H and O–H groups in total. The number of likely N-dealkylation sites (N-methyl/N-ethyl adjacent to an activating group) is 1. The predicted molar refractivity (Wildman–Crippen MR) is 104 cm³/mol. The molecule has 2 amide bonds. The first-order valence-corrected chi connectivity index (χ1v) is 9.21. The van der Waals surface area contributed by atoms with Crippen molar-refractivity contribution in [2.75, 3.05) is 32.5 Å². The first-order chi connectivity index (χ1) is 12.9. The van der Waals surface area contributed by atoms with Crippen molar-refractivity contribution in [2.24, 2.45) is 7.05 Å². The molecule has 27 heavy (non-hydrogen) atoms. The summed E-state index contributed by atoms with van der Waals surface area (Å²) < 4.78 is 1.72. The lowest BCUT2D eigenvalue weighted by Gasteiger charge is -2.42. The van der Waals surface area contributed by atoms with Crippen LogP contribution in [0, 0.1) is 0 Å². The van der Waals surface area contributed by atoms with E-state index in [9.17, 15) is 9.59 Å². The quantitative estimate of drug-likeness (QED) is 0.868. The highest BCUT2D eigenvalue weighted by molar-refractivity contribution is 5.89. The largest absolute Gasteiger partial charge is 0.356 e. The minimum Gasteiger partial charge on any atom is -0.356 e. The van der Waals surface area contributed by atoms with Crippen molar-refractivity contribution in [2.45, 2.75) is 24.8 Å². The van der Waals surface area contributed by atoms with Gasteiger partial charge in [0.25, 0.3) is 0 Å². The highest BCUT2D eigenvalue weighted by Crippen LogP contribution is 2.29. The third-order valence-electron chi connectivity index (χ3n) is 5.17. The predicted octanol–water partition coefficient (Wildman–Crippen LogP) is 1.52. The van der Waals surface area contributed by atoms with Crippen LogP contribution in [0.2, 0.25) is 0 Å². The molecule has 144 valence electrons. The van der Waals surface area contributed by atoms with E-state index in [2.05, 4.69) is 10.4 Å². The molecule has 1 aromatic heterocycles. The van der Waals surface area contributed by atoms with E-state index in [-0.39, 0.29) is 11.8 Å². The van der Waals surface area contributed by atoms with Gasteiger partial charge in [0.2, 0.25) is 11.8 Å². The van der Waals surface area contributed by atoms with Crippen molar-refractivity contribution >= 4 is 17.6 Å². The van der Waals surface area contributed by atoms with Crippen LogP contribution in [0.4, 0.5) is 5.82 Å². The number of anilines is 1. The van der Waals surface area contributed by atoms with Gasteiger partial charge >= 0.3 is 0 Å². The Labute approximate surface area is 159 Å². The third-order valence-corrected chi connectivity index (χ3v) is 5.17. The second-order valence-corrected chi connectivity index (χ2v) is 7.29. The maximum Gasteiger partial charge on any atom is 0.247 e. The molecule has 2 aromatic rings. The number of aryl methyl sites for hydroxylation is 1. The number of hydrogen-bond acceptors (Lipinski definition) is 4. The van der Waals surface area contributed by atoms with Gasteiger partial charge in [-0.3, -0.25) is 14.3 Å². The molecule has 7 heteroatoms. The molecule has 0 aliphatic carbocycles. The second-order valence-electron chi connectivity index (χ2n) is 7.29. The van der Waals surface area contributed by atoms with E-state index in [0.717, 1.165) is 11.4 Å². The molecular formula is C20H27N5O2. The van der Waals surface area contributed by atoms with E-state index in [4.69, 9.17) is 0 Å². The number of carbonyl (C=O) groups is 2. The van der Waals surface area contributed by atoms with Crippen LogP contribution in [0.1, 0.15) is 18.4 Å². The maximum atomic E-state index is 13.0. The number of rotatable bonds is 5. The van der Waals surface area contributed by atoms with Crippen molar-refractivity contribution in [3.8, 4) is 0 Å². The molecule has 7 nitrogen and oxygen atoms in total. The molecule has 1 aromatic carbocycles. The zero-order valence-electron chi connectivity index (χ0n) is 16.2.